The molecule has 1 fully saturated rings. The van der Waals surface area contributed by atoms with E-state index in [1.165, 1.54) is 0 Å². The van der Waals surface area contributed by atoms with Gasteiger partial charge in [-0.25, -0.2) is 0 Å². The van der Waals surface area contributed by atoms with E-state index in [9.17, 15) is 4.79 Å². The van der Waals surface area contributed by atoms with E-state index >= 15 is 0 Å². The Bertz CT molecular complexity index is 87.7. The first-order valence-corrected chi connectivity index (χ1v) is 3.65. The standard InChI is InChI=1S/C4H7O2P/c5-4(6)3-1-7-2-3/h3,7H,1-2H2,(H,5,6). The SMILES string of the molecule is O=C(O)C1CPC1. The zero-order valence-corrected chi connectivity index (χ0v) is 4.85. The molecule has 0 saturated carbocycles. The first-order valence-electron chi connectivity index (χ1n) is 2.24. The summed E-state index contributed by atoms with van der Waals surface area (Å²) >= 11 is 0. The first-order chi connectivity index (χ1) is 3.30. The molecule has 0 unspecified atom stereocenters. The third-order valence-corrected chi connectivity index (χ3v) is 2.69. The molecule has 2 nitrogen and oxygen atoms in total. The molecule has 1 aliphatic rings. The van der Waals surface area contributed by atoms with Gasteiger partial charge in [0.05, 0.1) is 5.92 Å². The highest BCUT2D eigenvalue weighted by atomic mass is 31.1. The van der Waals surface area contributed by atoms with Crippen molar-refractivity contribution in [2.45, 2.75) is 0 Å². The van der Waals surface area contributed by atoms with Gasteiger partial charge in [0.15, 0.2) is 0 Å². The van der Waals surface area contributed by atoms with Crippen LogP contribution in [0.4, 0.5) is 0 Å². The number of carboxylic acid groups (broad SMARTS) is 1. The third-order valence-electron chi connectivity index (χ3n) is 1.13. The lowest BCUT2D eigenvalue weighted by Gasteiger charge is -2.19. The van der Waals surface area contributed by atoms with Gasteiger partial charge in [0.1, 0.15) is 0 Å². The van der Waals surface area contributed by atoms with Crippen LogP contribution in [0.1, 0.15) is 0 Å². The lowest BCUT2D eigenvalue weighted by Crippen LogP contribution is -2.25. The molecule has 0 spiro atoms. The van der Waals surface area contributed by atoms with E-state index in [-0.39, 0.29) is 5.92 Å². The van der Waals surface area contributed by atoms with Gasteiger partial charge in [-0.15, -0.1) is 8.58 Å². The van der Waals surface area contributed by atoms with Gasteiger partial charge in [0, 0.05) is 0 Å². The Labute approximate surface area is 43.7 Å². The van der Waals surface area contributed by atoms with Crippen molar-refractivity contribution in [2.24, 2.45) is 5.92 Å². The predicted octanol–water partition coefficient (Wildman–Crippen LogP) is 0.379. The lowest BCUT2D eigenvalue weighted by atomic mass is 10.2. The Morgan fingerprint density at radius 3 is 2.29 bits per heavy atom. The van der Waals surface area contributed by atoms with Gasteiger partial charge >= 0.3 is 5.97 Å². The van der Waals surface area contributed by atoms with Crippen molar-refractivity contribution in [2.75, 3.05) is 12.3 Å². The number of hydrogen-bond donors (Lipinski definition) is 1. The van der Waals surface area contributed by atoms with E-state index in [0.717, 1.165) is 20.9 Å². The second-order valence-corrected chi connectivity index (χ2v) is 3.01. The van der Waals surface area contributed by atoms with Gasteiger partial charge in [-0.3, -0.25) is 4.79 Å². The number of aliphatic carboxylic acids is 1. The molecule has 7 heavy (non-hydrogen) atoms. The minimum atomic E-state index is -0.612. The smallest absolute Gasteiger partial charge is 0.307 e. The third kappa shape index (κ3) is 0.916. The van der Waals surface area contributed by atoms with E-state index in [1.54, 1.807) is 0 Å². The van der Waals surface area contributed by atoms with Crippen LogP contribution in [0.3, 0.4) is 0 Å². The summed E-state index contributed by atoms with van der Waals surface area (Å²) in [4.78, 5) is 9.99. The van der Waals surface area contributed by atoms with E-state index in [2.05, 4.69) is 0 Å². The van der Waals surface area contributed by atoms with Crippen LogP contribution < -0.4 is 0 Å². The Hall–Kier alpha value is -0.100. The highest BCUT2D eigenvalue weighted by molar-refractivity contribution is 7.40. The predicted molar refractivity (Wildman–Crippen MR) is 29.2 cm³/mol. The molecule has 1 saturated heterocycles. The van der Waals surface area contributed by atoms with Gasteiger partial charge in [-0.05, 0) is 12.3 Å². The summed E-state index contributed by atoms with van der Waals surface area (Å²) in [6, 6.07) is 0. The summed E-state index contributed by atoms with van der Waals surface area (Å²) in [5, 5.41) is 8.24. The summed E-state index contributed by atoms with van der Waals surface area (Å²) in [6.07, 6.45) is 1.85. The molecule has 3 heteroatoms. The number of carbonyl (C=O) groups is 1. The Kier molecular flexibility index (Phi) is 1.29. The van der Waals surface area contributed by atoms with Gasteiger partial charge in [0.2, 0.25) is 0 Å². The summed E-state index contributed by atoms with van der Waals surface area (Å²) in [5.74, 6) is -0.600. The van der Waals surface area contributed by atoms with Crippen LogP contribution in [0.5, 0.6) is 0 Å². The molecule has 0 aromatic heterocycles. The lowest BCUT2D eigenvalue weighted by molar-refractivity contribution is -0.140. The van der Waals surface area contributed by atoms with Gasteiger partial charge in [-0.2, -0.15) is 0 Å². The van der Waals surface area contributed by atoms with Crippen LogP contribution in [0.25, 0.3) is 0 Å². The van der Waals surface area contributed by atoms with Crippen LogP contribution in [0.2, 0.25) is 0 Å². The summed E-state index contributed by atoms with van der Waals surface area (Å²) in [7, 11) is 0.913. The molecule has 0 aliphatic carbocycles. The maximum atomic E-state index is 9.99. The van der Waals surface area contributed by atoms with E-state index in [0.29, 0.717) is 0 Å². The molecule has 0 aromatic rings. The molecule has 0 amide bonds. The molecule has 0 bridgehead atoms. The quantitative estimate of drug-likeness (QED) is 0.505. The van der Waals surface area contributed by atoms with Gasteiger partial charge in [0.25, 0.3) is 0 Å². The Morgan fingerprint density at radius 2 is 2.29 bits per heavy atom. The monoisotopic (exact) mass is 118 g/mol. The Morgan fingerprint density at radius 1 is 1.71 bits per heavy atom. The fraction of sp³-hybridized carbons (Fsp3) is 0.750. The zero-order chi connectivity index (χ0) is 5.28. The number of rotatable bonds is 1. The largest absolute Gasteiger partial charge is 0.481 e. The maximum Gasteiger partial charge on any atom is 0.307 e. The van der Waals surface area contributed by atoms with Gasteiger partial charge in [-0.1, -0.05) is 0 Å². The zero-order valence-electron chi connectivity index (χ0n) is 3.85. The van der Waals surface area contributed by atoms with Crippen molar-refractivity contribution in [3.8, 4) is 0 Å². The van der Waals surface area contributed by atoms with Crippen LogP contribution in [0.15, 0.2) is 0 Å². The molecule has 40 valence electrons. The van der Waals surface area contributed by atoms with Crippen LogP contribution in [-0.2, 0) is 4.79 Å². The van der Waals surface area contributed by atoms with Crippen molar-refractivity contribution in [1.82, 2.24) is 0 Å². The van der Waals surface area contributed by atoms with Crippen LogP contribution in [0, 0.1) is 5.92 Å². The van der Waals surface area contributed by atoms with Gasteiger partial charge < -0.3 is 5.11 Å². The van der Waals surface area contributed by atoms with E-state index in [4.69, 9.17) is 5.11 Å². The number of carboxylic acids is 1. The molecule has 1 rings (SSSR count). The second-order valence-electron chi connectivity index (χ2n) is 1.69. The summed E-state index contributed by atoms with van der Waals surface area (Å²) < 4.78 is 0. The molecule has 1 aliphatic heterocycles. The number of hydrogen-bond acceptors (Lipinski definition) is 1. The van der Waals surface area contributed by atoms with Crippen LogP contribution >= 0.6 is 8.58 Å². The van der Waals surface area contributed by atoms with Crippen molar-refractivity contribution in [3.05, 3.63) is 0 Å². The molecule has 0 radical (unpaired) electrons. The molecule has 1 N–H and O–H groups in total. The van der Waals surface area contributed by atoms with E-state index in [1.807, 2.05) is 0 Å². The van der Waals surface area contributed by atoms with E-state index < -0.39 is 5.97 Å². The molecule has 0 aromatic carbocycles. The fourth-order valence-electron chi connectivity index (χ4n) is 0.463. The fourth-order valence-corrected chi connectivity index (χ4v) is 1.39. The van der Waals surface area contributed by atoms with Crippen molar-refractivity contribution in [1.29, 1.82) is 0 Å². The average Bonchev–Trinajstić information content (AvgIpc) is 1.23. The minimum absolute atomic E-state index is 0.0123. The molecular formula is C4H7O2P. The van der Waals surface area contributed by atoms with Crippen molar-refractivity contribution >= 4 is 14.6 Å². The average molecular weight is 118 g/mol. The Balaban J connectivity index is 2.27. The summed E-state index contributed by atoms with van der Waals surface area (Å²) in [6.45, 7) is 0. The molecule has 1 heterocycles. The highest BCUT2D eigenvalue weighted by Gasteiger charge is 2.23. The first kappa shape index (κ1) is 5.04. The highest BCUT2D eigenvalue weighted by Crippen LogP contribution is 2.30. The van der Waals surface area contributed by atoms with Crippen molar-refractivity contribution < 1.29 is 9.90 Å². The van der Waals surface area contributed by atoms with Crippen molar-refractivity contribution in [3.63, 3.8) is 0 Å². The normalized spacial score (nSPS) is 32.3. The molecule has 0 atom stereocenters. The summed E-state index contributed by atoms with van der Waals surface area (Å²) in [5.41, 5.74) is 0. The van der Waals surface area contributed by atoms with Crippen LogP contribution in [-0.4, -0.2) is 23.4 Å². The second kappa shape index (κ2) is 1.79. The molecular weight excluding hydrogens is 111 g/mol. The maximum absolute atomic E-state index is 9.99. The minimum Gasteiger partial charge on any atom is -0.481 e. The topological polar surface area (TPSA) is 37.3 Å².